The van der Waals surface area contributed by atoms with E-state index < -0.39 is 5.97 Å². The number of carboxylic acid groups (broad SMARTS) is 1. The standard InChI is InChI=1S/C7H6O2.ClH.Na.H/c8-7(9)6-4-2-1-3-5-6;;;/h1-5H,(H,8,9);1H;;/q;;+1;-1. The molecule has 0 aliphatic heterocycles. The molecule has 0 spiro atoms. The number of rotatable bonds is 1. The van der Waals surface area contributed by atoms with Gasteiger partial charge in [-0.3, -0.25) is 0 Å². The second kappa shape index (κ2) is 6.68. The van der Waals surface area contributed by atoms with Crippen molar-refractivity contribution in [3.63, 3.8) is 0 Å². The summed E-state index contributed by atoms with van der Waals surface area (Å²) >= 11 is 0. The molecule has 0 fully saturated rings. The van der Waals surface area contributed by atoms with Gasteiger partial charge in [0.05, 0.1) is 5.56 Å². The van der Waals surface area contributed by atoms with Crippen molar-refractivity contribution in [2.24, 2.45) is 0 Å². The normalized spacial score (nSPS) is 7.27. The van der Waals surface area contributed by atoms with Crippen LogP contribution in [0.1, 0.15) is 11.8 Å². The summed E-state index contributed by atoms with van der Waals surface area (Å²) in [5, 5.41) is 8.38. The van der Waals surface area contributed by atoms with Crippen LogP contribution < -0.4 is 29.6 Å². The van der Waals surface area contributed by atoms with E-state index in [4.69, 9.17) is 5.11 Å². The summed E-state index contributed by atoms with van der Waals surface area (Å²) in [7, 11) is 0. The van der Waals surface area contributed by atoms with E-state index in [-0.39, 0.29) is 43.4 Å². The third kappa shape index (κ3) is 4.43. The van der Waals surface area contributed by atoms with Crippen LogP contribution in [0, 0.1) is 0 Å². The maximum Gasteiger partial charge on any atom is 1.00 e. The van der Waals surface area contributed by atoms with Gasteiger partial charge >= 0.3 is 35.5 Å². The summed E-state index contributed by atoms with van der Waals surface area (Å²) in [5.41, 5.74) is 0.331. The second-order valence-corrected chi connectivity index (χ2v) is 1.67. The Hall–Kier alpha value is -0.0200. The van der Waals surface area contributed by atoms with E-state index >= 15 is 0 Å². The molecule has 0 saturated heterocycles. The molecular formula is C7H8ClNaO2. The average molecular weight is 183 g/mol. The zero-order chi connectivity index (χ0) is 6.69. The van der Waals surface area contributed by atoms with E-state index in [2.05, 4.69) is 0 Å². The van der Waals surface area contributed by atoms with Crippen molar-refractivity contribution in [2.45, 2.75) is 0 Å². The van der Waals surface area contributed by atoms with Crippen molar-refractivity contribution in [3.8, 4) is 0 Å². The maximum absolute atomic E-state index is 10.2. The van der Waals surface area contributed by atoms with Crippen LogP contribution in [0.5, 0.6) is 0 Å². The molecule has 0 atom stereocenters. The quantitative estimate of drug-likeness (QED) is 0.562. The first-order chi connectivity index (χ1) is 4.30. The predicted octanol–water partition coefficient (Wildman–Crippen LogP) is -1.08. The molecule has 0 amide bonds. The summed E-state index contributed by atoms with van der Waals surface area (Å²) in [6.07, 6.45) is 0. The van der Waals surface area contributed by atoms with E-state index in [9.17, 15) is 4.79 Å². The molecule has 11 heavy (non-hydrogen) atoms. The number of carbonyl (C=O) groups is 1. The molecule has 1 N–H and O–H groups in total. The minimum Gasteiger partial charge on any atom is -1.00 e. The smallest absolute Gasteiger partial charge is 1.00 e. The van der Waals surface area contributed by atoms with Gasteiger partial charge in [-0.1, -0.05) is 18.2 Å². The first-order valence-corrected chi connectivity index (χ1v) is 2.59. The number of aromatic carboxylic acids is 1. The molecule has 1 rings (SSSR count). The molecule has 0 unspecified atom stereocenters. The molecule has 1 aromatic carbocycles. The van der Waals surface area contributed by atoms with Crippen LogP contribution in [-0.4, -0.2) is 11.1 Å². The number of benzene rings is 1. The van der Waals surface area contributed by atoms with Crippen molar-refractivity contribution in [1.82, 2.24) is 0 Å². The van der Waals surface area contributed by atoms with Gasteiger partial charge in [0.1, 0.15) is 0 Å². The molecule has 0 aliphatic rings. The largest absolute Gasteiger partial charge is 1.00 e. The van der Waals surface area contributed by atoms with Gasteiger partial charge in [0, 0.05) is 0 Å². The third-order valence-electron chi connectivity index (χ3n) is 1.02. The van der Waals surface area contributed by atoms with Gasteiger partial charge in [-0.05, 0) is 12.1 Å². The van der Waals surface area contributed by atoms with E-state index in [0.717, 1.165) is 0 Å². The van der Waals surface area contributed by atoms with E-state index in [0.29, 0.717) is 5.56 Å². The monoisotopic (exact) mass is 182 g/mol. The summed E-state index contributed by atoms with van der Waals surface area (Å²) in [6.45, 7) is 0. The molecule has 0 bridgehead atoms. The molecule has 0 saturated carbocycles. The summed E-state index contributed by atoms with van der Waals surface area (Å²) < 4.78 is 0. The Bertz CT molecular complexity index is 218. The summed E-state index contributed by atoms with van der Waals surface area (Å²) in [6, 6.07) is 8.30. The minimum atomic E-state index is -0.879. The molecule has 4 heteroatoms. The van der Waals surface area contributed by atoms with Crippen molar-refractivity contribution >= 4 is 18.4 Å². The fourth-order valence-corrected chi connectivity index (χ4v) is 0.581. The molecule has 1 aromatic rings. The maximum atomic E-state index is 10.2. The van der Waals surface area contributed by atoms with Crippen LogP contribution in [0.15, 0.2) is 30.3 Å². The van der Waals surface area contributed by atoms with Crippen LogP contribution in [-0.2, 0) is 0 Å². The SMILES string of the molecule is Cl.O=C(O)c1ccccc1.[H-].[Na+]. The van der Waals surface area contributed by atoms with Crippen LogP contribution >= 0.6 is 12.4 Å². The number of halogens is 1. The molecule has 0 aromatic heterocycles. The topological polar surface area (TPSA) is 37.3 Å². The second-order valence-electron chi connectivity index (χ2n) is 1.67. The van der Waals surface area contributed by atoms with Gasteiger partial charge in [-0.2, -0.15) is 0 Å². The summed E-state index contributed by atoms with van der Waals surface area (Å²) in [5.74, 6) is -0.879. The fraction of sp³-hybridized carbons (Fsp3) is 0. The Labute approximate surface area is 94.8 Å². The Morgan fingerprint density at radius 2 is 1.73 bits per heavy atom. The number of hydrogen-bond donors (Lipinski definition) is 1. The minimum absolute atomic E-state index is 0. The van der Waals surface area contributed by atoms with E-state index in [1.807, 2.05) is 0 Å². The molecule has 56 valence electrons. The first kappa shape index (κ1) is 13.6. The van der Waals surface area contributed by atoms with E-state index in [1.54, 1.807) is 30.3 Å². The van der Waals surface area contributed by atoms with E-state index in [1.165, 1.54) is 0 Å². The number of carboxylic acids is 1. The predicted molar refractivity (Wildman–Crippen MR) is 41.8 cm³/mol. The number of hydrogen-bond acceptors (Lipinski definition) is 1. The molecular weight excluding hydrogens is 175 g/mol. The van der Waals surface area contributed by atoms with Crippen LogP contribution in [0.3, 0.4) is 0 Å². The summed E-state index contributed by atoms with van der Waals surface area (Å²) in [4.78, 5) is 10.2. The van der Waals surface area contributed by atoms with Crippen LogP contribution in [0.25, 0.3) is 0 Å². The van der Waals surface area contributed by atoms with Crippen molar-refractivity contribution < 1.29 is 40.9 Å². The average Bonchev–Trinajstić information content (AvgIpc) is 1.90. The van der Waals surface area contributed by atoms with Gasteiger partial charge < -0.3 is 6.53 Å². The Kier molecular flexibility index (Phi) is 8.23. The van der Waals surface area contributed by atoms with Crippen molar-refractivity contribution in [3.05, 3.63) is 35.9 Å². The Balaban J connectivity index is -0.000000270. The van der Waals surface area contributed by atoms with Crippen molar-refractivity contribution in [1.29, 1.82) is 0 Å². The van der Waals surface area contributed by atoms with Crippen LogP contribution in [0.4, 0.5) is 0 Å². The third-order valence-corrected chi connectivity index (χ3v) is 1.02. The van der Waals surface area contributed by atoms with Crippen LogP contribution in [0.2, 0.25) is 0 Å². The van der Waals surface area contributed by atoms with Gasteiger partial charge in [0.25, 0.3) is 0 Å². The van der Waals surface area contributed by atoms with Gasteiger partial charge in [-0.25, -0.2) is 4.79 Å². The zero-order valence-corrected chi connectivity index (χ0v) is 8.97. The molecule has 0 radical (unpaired) electrons. The van der Waals surface area contributed by atoms with Gasteiger partial charge in [-0.15, -0.1) is 12.4 Å². The van der Waals surface area contributed by atoms with Crippen molar-refractivity contribution in [2.75, 3.05) is 0 Å². The van der Waals surface area contributed by atoms with Gasteiger partial charge in [0.15, 0.2) is 0 Å². The molecule has 2 nitrogen and oxygen atoms in total. The Morgan fingerprint density at radius 1 is 1.27 bits per heavy atom. The Morgan fingerprint density at radius 3 is 2.00 bits per heavy atom. The first-order valence-electron chi connectivity index (χ1n) is 2.59. The fourth-order valence-electron chi connectivity index (χ4n) is 0.581. The zero-order valence-electron chi connectivity index (χ0n) is 7.15. The van der Waals surface area contributed by atoms with Gasteiger partial charge in [0.2, 0.25) is 0 Å². The molecule has 0 aliphatic carbocycles. The molecule has 0 heterocycles.